The summed E-state index contributed by atoms with van der Waals surface area (Å²) in [4.78, 5) is 16.0. The summed E-state index contributed by atoms with van der Waals surface area (Å²) >= 11 is 0. The predicted molar refractivity (Wildman–Crippen MR) is 106 cm³/mol. The quantitative estimate of drug-likeness (QED) is 0.384. The minimum atomic E-state index is -0.365. The second-order valence-corrected chi connectivity index (χ2v) is 7.59. The second kappa shape index (κ2) is 12.0. The Kier molecular flexibility index (Phi) is 10.4. The third kappa shape index (κ3) is 8.25. The lowest BCUT2D eigenvalue weighted by atomic mass is 9.67. The molecule has 0 aromatic heterocycles. The van der Waals surface area contributed by atoms with Gasteiger partial charge in [-0.2, -0.15) is 0 Å². The molecule has 1 amide bonds. The Labute approximate surface area is 158 Å². The number of carbonyl (C=O) groups excluding carboxylic acids is 1. The summed E-state index contributed by atoms with van der Waals surface area (Å²) in [5, 5.41) is 9.71. The van der Waals surface area contributed by atoms with E-state index in [0.717, 1.165) is 32.0 Å². The first-order valence-corrected chi connectivity index (χ1v) is 9.81. The van der Waals surface area contributed by atoms with Crippen LogP contribution >= 0.6 is 0 Å². The summed E-state index contributed by atoms with van der Waals surface area (Å²) in [5.41, 5.74) is 0.328. The number of amides is 1. The molecule has 1 aliphatic carbocycles. The molecule has 1 aliphatic rings. The highest BCUT2D eigenvalue weighted by atomic mass is 16.5. The van der Waals surface area contributed by atoms with E-state index in [1.165, 1.54) is 19.3 Å². The number of methoxy groups -OCH3 is 1. The van der Waals surface area contributed by atoms with E-state index in [-0.39, 0.29) is 12.1 Å². The molecule has 1 unspecified atom stereocenters. The number of carbonyl (C=O) groups is 1. The van der Waals surface area contributed by atoms with Gasteiger partial charge in [0.15, 0.2) is 5.96 Å². The average Bonchev–Trinajstić information content (AvgIpc) is 2.55. The molecule has 152 valence electrons. The van der Waals surface area contributed by atoms with Crippen molar-refractivity contribution in [2.45, 2.75) is 58.9 Å². The Morgan fingerprint density at radius 3 is 2.50 bits per heavy atom. The third-order valence-electron chi connectivity index (χ3n) is 4.97. The van der Waals surface area contributed by atoms with E-state index < -0.39 is 0 Å². The van der Waals surface area contributed by atoms with E-state index in [2.05, 4.69) is 34.8 Å². The van der Waals surface area contributed by atoms with E-state index in [9.17, 15) is 4.79 Å². The fraction of sp³-hybridized carbons (Fsp3) is 0.895. The van der Waals surface area contributed by atoms with E-state index >= 15 is 0 Å². The molecule has 7 nitrogen and oxygen atoms in total. The van der Waals surface area contributed by atoms with E-state index in [4.69, 9.17) is 9.47 Å². The molecule has 1 saturated carbocycles. The minimum absolute atomic E-state index is 0.00115. The van der Waals surface area contributed by atoms with Crippen molar-refractivity contribution >= 4 is 12.1 Å². The first-order valence-electron chi connectivity index (χ1n) is 9.81. The van der Waals surface area contributed by atoms with Crippen LogP contribution in [0.25, 0.3) is 0 Å². The van der Waals surface area contributed by atoms with Gasteiger partial charge in [-0.05, 0) is 43.9 Å². The summed E-state index contributed by atoms with van der Waals surface area (Å²) in [6.07, 6.45) is 5.35. The van der Waals surface area contributed by atoms with Crippen molar-refractivity contribution in [2.24, 2.45) is 16.3 Å². The molecular formula is C19H38N4O3. The SMILES string of the molecule is CCOC(=O)NC(CNC(=NC)NCC1(CCOC)CCC1)CC(C)C. The number of ether oxygens (including phenoxy) is 2. The van der Waals surface area contributed by atoms with Gasteiger partial charge in [-0.15, -0.1) is 0 Å². The molecule has 3 N–H and O–H groups in total. The summed E-state index contributed by atoms with van der Waals surface area (Å²) in [5.74, 6) is 1.25. The van der Waals surface area contributed by atoms with Crippen LogP contribution in [0.4, 0.5) is 4.79 Å². The van der Waals surface area contributed by atoms with Crippen molar-refractivity contribution in [3.63, 3.8) is 0 Å². The Hall–Kier alpha value is -1.50. The van der Waals surface area contributed by atoms with Crippen LogP contribution in [0.2, 0.25) is 0 Å². The van der Waals surface area contributed by atoms with Crippen LogP contribution in [0.5, 0.6) is 0 Å². The summed E-state index contributed by atoms with van der Waals surface area (Å²) in [7, 11) is 3.53. The van der Waals surface area contributed by atoms with Gasteiger partial charge in [0.1, 0.15) is 0 Å². The molecule has 26 heavy (non-hydrogen) atoms. The van der Waals surface area contributed by atoms with Gasteiger partial charge in [-0.3, -0.25) is 4.99 Å². The number of hydrogen-bond donors (Lipinski definition) is 3. The van der Waals surface area contributed by atoms with Crippen molar-refractivity contribution in [3.05, 3.63) is 0 Å². The van der Waals surface area contributed by atoms with Crippen LogP contribution in [0.3, 0.4) is 0 Å². The molecule has 1 rings (SSSR count). The topological polar surface area (TPSA) is 84.0 Å². The molecule has 0 bridgehead atoms. The van der Waals surface area contributed by atoms with Crippen LogP contribution in [0, 0.1) is 11.3 Å². The van der Waals surface area contributed by atoms with Gasteiger partial charge < -0.3 is 25.4 Å². The standard InChI is InChI=1S/C19H38N4O3/c1-6-26-18(24)23-16(12-15(2)3)13-21-17(20-4)22-14-19(8-7-9-19)10-11-25-5/h15-16H,6-14H2,1-5H3,(H,23,24)(H2,20,21,22). The monoisotopic (exact) mass is 370 g/mol. The van der Waals surface area contributed by atoms with Crippen LogP contribution < -0.4 is 16.0 Å². The molecule has 0 aromatic rings. The van der Waals surface area contributed by atoms with Gasteiger partial charge in [-0.25, -0.2) is 4.79 Å². The minimum Gasteiger partial charge on any atom is -0.450 e. The summed E-state index contributed by atoms with van der Waals surface area (Å²) in [6.45, 7) is 8.78. The maximum Gasteiger partial charge on any atom is 0.407 e. The van der Waals surface area contributed by atoms with Crippen LogP contribution in [0.1, 0.15) is 52.9 Å². The Bertz CT molecular complexity index is 437. The zero-order chi connectivity index (χ0) is 19.4. The Balaban J connectivity index is 2.47. The van der Waals surface area contributed by atoms with Crippen molar-refractivity contribution < 1.29 is 14.3 Å². The first-order chi connectivity index (χ1) is 12.4. The number of hydrogen-bond acceptors (Lipinski definition) is 4. The van der Waals surface area contributed by atoms with Gasteiger partial charge in [0.25, 0.3) is 0 Å². The van der Waals surface area contributed by atoms with Gasteiger partial charge in [0.05, 0.1) is 6.61 Å². The fourth-order valence-corrected chi connectivity index (χ4v) is 3.32. The molecule has 0 aromatic carbocycles. The largest absolute Gasteiger partial charge is 0.450 e. The fourth-order valence-electron chi connectivity index (χ4n) is 3.32. The summed E-state index contributed by atoms with van der Waals surface area (Å²) in [6, 6.07) is -0.00115. The molecule has 1 fully saturated rings. The molecular weight excluding hydrogens is 332 g/mol. The van der Waals surface area contributed by atoms with Crippen LogP contribution in [-0.4, -0.2) is 58.6 Å². The van der Waals surface area contributed by atoms with Crippen LogP contribution in [0.15, 0.2) is 4.99 Å². The number of aliphatic imine (C=N–C) groups is 1. The average molecular weight is 371 g/mol. The molecule has 1 atom stereocenters. The van der Waals surface area contributed by atoms with E-state index in [1.807, 2.05) is 0 Å². The highest BCUT2D eigenvalue weighted by Gasteiger charge is 2.36. The lowest BCUT2D eigenvalue weighted by molar-refractivity contribution is 0.0732. The Morgan fingerprint density at radius 2 is 2.00 bits per heavy atom. The Morgan fingerprint density at radius 1 is 1.27 bits per heavy atom. The number of rotatable bonds is 11. The number of nitrogens with one attached hydrogen (secondary N) is 3. The van der Waals surface area contributed by atoms with E-state index in [1.54, 1.807) is 21.1 Å². The molecule has 0 heterocycles. The number of nitrogens with zero attached hydrogens (tertiary/aromatic N) is 1. The lowest BCUT2D eigenvalue weighted by Crippen LogP contribution is -2.50. The molecule has 7 heteroatoms. The highest BCUT2D eigenvalue weighted by Crippen LogP contribution is 2.43. The normalized spacial score (nSPS) is 17.4. The number of guanidine groups is 1. The zero-order valence-corrected chi connectivity index (χ0v) is 17.2. The predicted octanol–water partition coefficient (Wildman–Crippen LogP) is 2.52. The van der Waals surface area contributed by atoms with Crippen molar-refractivity contribution in [1.82, 2.24) is 16.0 Å². The van der Waals surface area contributed by atoms with Crippen molar-refractivity contribution in [3.8, 4) is 0 Å². The maximum absolute atomic E-state index is 11.7. The third-order valence-corrected chi connectivity index (χ3v) is 4.97. The second-order valence-electron chi connectivity index (χ2n) is 7.59. The molecule has 0 saturated heterocycles. The first kappa shape index (κ1) is 22.5. The van der Waals surface area contributed by atoms with Gasteiger partial charge in [-0.1, -0.05) is 20.3 Å². The number of alkyl carbamates (subject to hydrolysis) is 1. The van der Waals surface area contributed by atoms with Crippen LogP contribution in [-0.2, 0) is 9.47 Å². The van der Waals surface area contributed by atoms with Gasteiger partial charge in [0.2, 0.25) is 0 Å². The summed E-state index contributed by atoms with van der Waals surface area (Å²) < 4.78 is 10.3. The molecule has 0 aliphatic heterocycles. The zero-order valence-electron chi connectivity index (χ0n) is 17.2. The van der Waals surface area contributed by atoms with Crippen molar-refractivity contribution in [2.75, 3.05) is 40.5 Å². The van der Waals surface area contributed by atoms with Crippen molar-refractivity contribution in [1.29, 1.82) is 0 Å². The highest BCUT2D eigenvalue weighted by molar-refractivity contribution is 5.79. The molecule has 0 spiro atoms. The van der Waals surface area contributed by atoms with Gasteiger partial charge in [0, 0.05) is 39.9 Å². The maximum atomic E-state index is 11.7. The smallest absolute Gasteiger partial charge is 0.407 e. The molecule has 0 radical (unpaired) electrons. The van der Waals surface area contributed by atoms with Gasteiger partial charge >= 0.3 is 6.09 Å². The lowest BCUT2D eigenvalue weighted by Gasteiger charge is -2.42. The van der Waals surface area contributed by atoms with E-state index in [0.29, 0.717) is 24.5 Å².